The number of halogens is 2. The second kappa shape index (κ2) is 7.31. The first-order valence-corrected chi connectivity index (χ1v) is 7.13. The predicted octanol–water partition coefficient (Wildman–Crippen LogP) is 0.925. The number of nitrogens with zero attached hydrogens (tertiary/aromatic N) is 1. The van der Waals surface area contributed by atoms with Gasteiger partial charge >= 0.3 is 0 Å². The predicted molar refractivity (Wildman–Crippen MR) is 75.1 cm³/mol. The zero-order valence-electron chi connectivity index (χ0n) is 12.0. The molecule has 1 saturated heterocycles. The molecule has 120 valence electrons. The molecule has 1 fully saturated rings. The zero-order chi connectivity index (χ0) is 16.1. The molecule has 0 unspecified atom stereocenters. The molecule has 1 aliphatic heterocycles. The number of carbonyl (C=O) groups excluding carboxylic acids is 2. The monoisotopic (exact) mass is 312 g/mol. The van der Waals surface area contributed by atoms with Gasteiger partial charge in [-0.15, -0.1) is 0 Å². The third-order valence-electron chi connectivity index (χ3n) is 3.81. The number of carbonyl (C=O) groups is 2. The topological polar surface area (TPSA) is 69.6 Å². The van der Waals surface area contributed by atoms with Crippen LogP contribution in [0.25, 0.3) is 0 Å². The lowest BCUT2D eigenvalue weighted by molar-refractivity contribution is -0.131. The van der Waals surface area contributed by atoms with E-state index in [-0.39, 0.29) is 30.5 Å². The van der Waals surface area contributed by atoms with Crippen LogP contribution in [0.5, 0.6) is 0 Å². The van der Waals surface area contributed by atoms with Crippen molar-refractivity contribution in [2.24, 2.45) is 5.92 Å². The maximum atomic E-state index is 13.0. The Morgan fingerprint density at radius 3 is 2.50 bits per heavy atom. The Kier molecular flexibility index (Phi) is 5.43. The van der Waals surface area contributed by atoms with Crippen LogP contribution in [-0.2, 0) is 4.79 Å². The van der Waals surface area contributed by atoms with Crippen LogP contribution in [0.1, 0.15) is 23.2 Å². The first kappa shape index (κ1) is 16.4. The summed E-state index contributed by atoms with van der Waals surface area (Å²) >= 11 is 0. The molecule has 1 aromatic rings. The van der Waals surface area contributed by atoms with Gasteiger partial charge in [-0.3, -0.25) is 9.59 Å². The smallest absolute Gasteiger partial charge is 0.251 e. The Morgan fingerprint density at radius 1 is 1.23 bits per heavy atom. The summed E-state index contributed by atoms with van der Waals surface area (Å²) in [7, 11) is 0. The van der Waals surface area contributed by atoms with Crippen LogP contribution in [-0.4, -0.2) is 48.1 Å². The Hall–Kier alpha value is -2.02. The summed E-state index contributed by atoms with van der Waals surface area (Å²) in [5.74, 6) is -2.77. The molecule has 0 saturated carbocycles. The van der Waals surface area contributed by atoms with E-state index in [0.717, 1.165) is 31.0 Å². The summed E-state index contributed by atoms with van der Waals surface area (Å²) in [6.07, 6.45) is 1.47. The minimum absolute atomic E-state index is 0.0364. The number of rotatable bonds is 4. The number of benzene rings is 1. The third kappa shape index (κ3) is 4.00. The van der Waals surface area contributed by atoms with Gasteiger partial charge in [-0.25, -0.2) is 8.78 Å². The van der Waals surface area contributed by atoms with E-state index in [2.05, 4.69) is 5.32 Å². The van der Waals surface area contributed by atoms with E-state index in [9.17, 15) is 18.4 Å². The van der Waals surface area contributed by atoms with E-state index in [1.165, 1.54) is 0 Å². The molecule has 0 radical (unpaired) electrons. The van der Waals surface area contributed by atoms with Crippen molar-refractivity contribution in [3.8, 4) is 0 Å². The van der Waals surface area contributed by atoms with Gasteiger partial charge in [0, 0.05) is 25.3 Å². The standard InChI is InChI=1S/C15H18F2N2O3/c16-12-2-1-11(7-13(12)17)15(22)18-8-14(21)19-5-3-10(9-20)4-6-19/h1-2,7,10,20H,3-6,8-9H2,(H,18,22). The molecule has 2 rings (SSSR count). The van der Waals surface area contributed by atoms with E-state index < -0.39 is 17.5 Å². The van der Waals surface area contributed by atoms with Gasteiger partial charge in [0.25, 0.3) is 5.91 Å². The van der Waals surface area contributed by atoms with E-state index in [0.29, 0.717) is 13.1 Å². The molecule has 0 bridgehead atoms. The zero-order valence-corrected chi connectivity index (χ0v) is 12.0. The molecular weight excluding hydrogens is 294 g/mol. The van der Waals surface area contributed by atoms with Gasteiger partial charge in [-0.05, 0) is 37.0 Å². The highest BCUT2D eigenvalue weighted by molar-refractivity contribution is 5.96. The van der Waals surface area contributed by atoms with E-state index in [4.69, 9.17) is 5.11 Å². The van der Waals surface area contributed by atoms with Gasteiger partial charge in [0.05, 0.1) is 6.54 Å². The summed E-state index contributed by atoms with van der Waals surface area (Å²) in [5, 5.41) is 11.4. The number of aliphatic hydroxyl groups excluding tert-OH is 1. The maximum Gasteiger partial charge on any atom is 0.251 e. The molecule has 2 N–H and O–H groups in total. The van der Waals surface area contributed by atoms with Gasteiger partial charge in [0.1, 0.15) is 0 Å². The highest BCUT2D eigenvalue weighted by Crippen LogP contribution is 2.16. The van der Waals surface area contributed by atoms with Crippen LogP contribution in [0, 0.1) is 17.6 Å². The van der Waals surface area contributed by atoms with Crippen LogP contribution in [0.3, 0.4) is 0 Å². The van der Waals surface area contributed by atoms with Crippen molar-refractivity contribution in [3.63, 3.8) is 0 Å². The van der Waals surface area contributed by atoms with Gasteiger partial charge in [0.2, 0.25) is 5.91 Å². The fourth-order valence-electron chi connectivity index (χ4n) is 2.37. The molecule has 5 nitrogen and oxygen atoms in total. The lowest BCUT2D eigenvalue weighted by Crippen LogP contribution is -2.44. The van der Waals surface area contributed by atoms with Crippen LogP contribution < -0.4 is 5.32 Å². The average molecular weight is 312 g/mol. The van der Waals surface area contributed by atoms with Gasteiger partial charge in [-0.1, -0.05) is 0 Å². The number of hydrogen-bond donors (Lipinski definition) is 2. The lowest BCUT2D eigenvalue weighted by atomic mass is 9.98. The first-order chi connectivity index (χ1) is 10.5. The number of aliphatic hydroxyl groups is 1. The number of nitrogens with one attached hydrogen (secondary N) is 1. The van der Waals surface area contributed by atoms with Gasteiger partial charge < -0.3 is 15.3 Å². The number of amides is 2. The Labute approximate surface area is 126 Å². The molecule has 7 heteroatoms. The number of likely N-dealkylation sites (tertiary alicyclic amines) is 1. The highest BCUT2D eigenvalue weighted by atomic mass is 19.2. The van der Waals surface area contributed by atoms with Crippen molar-refractivity contribution < 1.29 is 23.5 Å². The van der Waals surface area contributed by atoms with Gasteiger partial charge in [-0.2, -0.15) is 0 Å². The molecule has 0 aromatic heterocycles. The molecule has 0 aliphatic carbocycles. The second-order valence-corrected chi connectivity index (χ2v) is 5.32. The molecule has 0 atom stereocenters. The summed E-state index contributed by atoms with van der Waals surface area (Å²) in [6, 6.07) is 2.82. The Bertz CT molecular complexity index is 558. The van der Waals surface area contributed by atoms with Crippen LogP contribution >= 0.6 is 0 Å². The van der Waals surface area contributed by atoms with Gasteiger partial charge in [0.15, 0.2) is 11.6 Å². The van der Waals surface area contributed by atoms with E-state index in [1.54, 1.807) is 4.90 Å². The lowest BCUT2D eigenvalue weighted by Gasteiger charge is -2.31. The second-order valence-electron chi connectivity index (χ2n) is 5.32. The van der Waals surface area contributed by atoms with E-state index in [1.807, 2.05) is 0 Å². The molecule has 22 heavy (non-hydrogen) atoms. The summed E-state index contributed by atoms with van der Waals surface area (Å²) < 4.78 is 25.8. The third-order valence-corrected chi connectivity index (χ3v) is 3.81. The van der Waals surface area contributed by atoms with Crippen LogP contribution in [0.4, 0.5) is 8.78 Å². The Balaban J connectivity index is 1.83. The molecule has 1 aromatic carbocycles. The molecular formula is C15H18F2N2O3. The first-order valence-electron chi connectivity index (χ1n) is 7.13. The largest absolute Gasteiger partial charge is 0.396 e. The van der Waals surface area contributed by atoms with Crippen molar-refractivity contribution in [1.29, 1.82) is 0 Å². The molecule has 0 spiro atoms. The average Bonchev–Trinajstić information content (AvgIpc) is 2.54. The van der Waals surface area contributed by atoms with E-state index >= 15 is 0 Å². The van der Waals surface area contributed by atoms with Crippen LogP contribution in [0.2, 0.25) is 0 Å². The summed E-state index contributed by atoms with van der Waals surface area (Å²) in [4.78, 5) is 25.4. The molecule has 1 aliphatic rings. The van der Waals surface area contributed by atoms with Crippen LogP contribution in [0.15, 0.2) is 18.2 Å². The minimum Gasteiger partial charge on any atom is -0.396 e. The quantitative estimate of drug-likeness (QED) is 0.869. The summed E-state index contributed by atoms with van der Waals surface area (Å²) in [5.41, 5.74) is -0.0364. The van der Waals surface area contributed by atoms with Crippen molar-refractivity contribution in [2.45, 2.75) is 12.8 Å². The molecule has 2 amide bonds. The number of piperidine rings is 1. The fraction of sp³-hybridized carbons (Fsp3) is 0.467. The SMILES string of the molecule is O=C(NCC(=O)N1CCC(CO)CC1)c1ccc(F)c(F)c1. The van der Waals surface area contributed by atoms with Crippen molar-refractivity contribution in [3.05, 3.63) is 35.4 Å². The number of hydrogen-bond acceptors (Lipinski definition) is 3. The minimum atomic E-state index is -1.11. The normalized spacial score (nSPS) is 15.7. The highest BCUT2D eigenvalue weighted by Gasteiger charge is 2.22. The molecule has 1 heterocycles. The van der Waals surface area contributed by atoms with Crippen molar-refractivity contribution in [2.75, 3.05) is 26.2 Å². The Morgan fingerprint density at radius 2 is 1.91 bits per heavy atom. The maximum absolute atomic E-state index is 13.0. The van der Waals surface area contributed by atoms with Crippen molar-refractivity contribution in [1.82, 2.24) is 10.2 Å². The van der Waals surface area contributed by atoms with Crippen molar-refractivity contribution >= 4 is 11.8 Å². The summed E-state index contributed by atoms with van der Waals surface area (Å²) in [6.45, 7) is 1.02. The fourth-order valence-corrected chi connectivity index (χ4v) is 2.37.